The standard InChI is InChI=1S/C31H26N.C17H32O2.Pt/c1-31(2,3)29-20-27(19-25-11-7-8-12-28(25)29)30-18-17-26(21-32-30)24-15-13-23(14-16-24)22-9-5-4-6-10-22;1-10(2)16(11(3)4)14(18)9-15(19)17(12(5)6)13(7)8;/h4-18,20-21H,1-3H3;9-13,16-18H,1-8H3;/q-1;;/b;14-9-;. The average molecular weight is 876 g/mol. The first kappa shape index (κ1) is 42.6. The van der Waals surface area contributed by atoms with Crippen molar-refractivity contribution in [2.45, 2.75) is 81.6 Å². The van der Waals surface area contributed by atoms with Gasteiger partial charge in [0.05, 0.1) is 5.76 Å². The number of fused-ring (bicyclic) bond motifs is 1. The molecule has 0 radical (unpaired) electrons. The predicted molar refractivity (Wildman–Crippen MR) is 218 cm³/mol. The number of hydrogen-bond donors (Lipinski definition) is 1. The fourth-order valence-corrected chi connectivity index (χ4v) is 7.42. The van der Waals surface area contributed by atoms with E-state index in [2.05, 4.69) is 173 Å². The van der Waals surface area contributed by atoms with Crippen molar-refractivity contribution in [3.63, 3.8) is 0 Å². The maximum absolute atomic E-state index is 12.3. The molecule has 0 saturated heterocycles. The predicted octanol–water partition coefficient (Wildman–Crippen LogP) is 13.2. The van der Waals surface area contributed by atoms with E-state index in [4.69, 9.17) is 4.98 Å². The average Bonchev–Trinajstić information content (AvgIpc) is 3.07. The summed E-state index contributed by atoms with van der Waals surface area (Å²) in [5.74, 6) is 1.63. The molecule has 3 nitrogen and oxygen atoms in total. The maximum atomic E-state index is 12.3. The van der Waals surface area contributed by atoms with Crippen molar-refractivity contribution in [2.75, 3.05) is 0 Å². The number of aliphatic hydroxyl groups is 1. The Balaban J connectivity index is 0.000000317. The van der Waals surface area contributed by atoms with Crippen LogP contribution in [0.5, 0.6) is 0 Å². The number of hydrogen-bond acceptors (Lipinski definition) is 3. The molecule has 0 saturated carbocycles. The van der Waals surface area contributed by atoms with E-state index >= 15 is 0 Å². The molecular weight excluding hydrogens is 818 g/mol. The normalized spacial score (nSPS) is 12.1. The minimum atomic E-state index is -0.0119. The molecule has 1 aromatic heterocycles. The monoisotopic (exact) mass is 875 g/mol. The van der Waals surface area contributed by atoms with Crippen molar-refractivity contribution in [1.29, 1.82) is 0 Å². The summed E-state index contributed by atoms with van der Waals surface area (Å²) in [5.41, 5.74) is 8.10. The maximum Gasteiger partial charge on any atom is 0.162 e. The summed E-state index contributed by atoms with van der Waals surface area (Å²) in [6, 6.07) is 37.7. The first-order valence-corrected chi connectivity index (χ1v) is 18.6. The summed E-state index contributed by atoms with van der Waals surface area (Å²) in [5, 5.41) is 12.7. The second kappa shape index (κ2) is 18.8. The van der Waals surface area contributed by atoms with Crippen LogP contribution in [0.25, 0.3) is 44.3 Å². The summed E-state index contributed by atoms with van der Waals surface area (Å²) in [7, 11) is 0. The van der Waals surface area contributed by atoms with Crippen LogP contribution < -0.4 is 0 Å². The number of pyridine rings is 1. The smallest absolute Gasteiger partial charge is 0.162 e. The molecule has 0 spiro atoms. The first-order valence-electron chi connectivity index (χ1n) is 18.6. The third-order valence-electron chi connectivity index (χ3n) is 9.78. The molecule has 5 rings (SSSR count). The van der Waals surface area contributed by atoms with E-state index in [1.165, 1.54) is 33.7 Å². The van der Waals surface area contributed by atoms with Crippen molar-refractivity contribution >= 4 is 16.6 Å². The number of aromatic nitrogens is 1. The molecule has 1 heterocycles. The summed E-state index contributed by atoms with van der Waals surface area (Å²) in [6.07, 6.45) is 3.45. The largest absolute Gasteiger partial charge is 0.512 e. The van der Waals surface area contributed by atoms with Gasteiger partial charge in [0, 0.05) is 50.9 Å². The number of benzene rings is 4. The quantitative estimate of drug-likeness (QED) is 0.0864. The van der Waals surface area contributed by atoms with Gasteiger partial charge in [-0.3, -0.25) is 9.78 Å². The van der Waals surface area contributed by atoms with Crippen molar-refractivity contribution in [3.05, 3.63) is 127 Å². The van der Waals surface area contributed by atoms with Gasteiger partial charge >= 0.3 is 0 Å². The minimum absolute atomic E-state index is 0. The Morgan fingerprint density at radius 2 is 1.13 bits per heavy atom. The molecule has 0 aliphatic carbocycles. The van der Waals surface area contributed by atoms with Gasteiger partial charge in [0.25, 0.3) is 0 Å². The fourth-order valence-electron chi connectivity index (χ4n) is 7.42. The van der Waals surface area contributed by atoms with Gasteiger partial charge in [0.15, 0.2) is 5.78 Å². The molecule has 52 heavy (non-hydrogen) atoms. The van der Waals surface area contributed by atoms with Gasteiger partial charge in [-0.2, -0.15) is 0 Å². The van der Waals surface area contributed by atoms with Gasteiger partial charge in [-0.05, 0) is 51.3 Å². The van der Waals surface area contributed by atoms with E-state index in [0.717, 1.165) is 22.2 Å². The Hall–Kier alpha value is -3.81. The molecule has 0 atom stereocenters. The zero-order chi connectivity index (χ0) is 37.5. The van der Waals surface area contributed by atoms with Gasteiger partial charge < -0.3 is 5.11 Å². The minimum Gasteiger partial charge on any atom is -0.512 e. The van der Waals surface area contributed by atoms with Crippen LogP contribution in [0.3, 0.4) is 0 Å². The molecule has 4 heteroatoms. The second-order valence-electron chi connectivity index (χ2n) is 16.3. The fraction of sp³-hybridized carbons (Fsp3) is 0.375. The molecule has 4 aromatic carbocycles. The van der Waals surface area contributed by atoms with Crippen LogP contribution in [-0.2, 0) is 31.3 Å². The zero-order valence-electron chi connectivity index (χ0n) is 33.0. The Bertz CT molecular complexity index is 1880. The van der Waals surface area contributed by atoms with E-state index in [1.54, 1.807) is 0 Å². The molecule has 0 fully saturated rings. The molecule has 0 aliphatic rings. The topological polar surface area (TPSA) is 50.2 Å². The van der Waals surface area contributed by atoms with Gasteiger partial charge in [-0.1, -0.05) is 172 Å². The van der Waals surface area contributed by atoms with Gasteiger partial charge in [0.2, 0.25) is 0 Å². The Morgan fingerprint density at radius 3 is 1.63 bits per heavy atom. The van der Waals surface area contributed by atoms with E-state index in [-0.39, 0.29) is 49.9 Å². The van der Waals surface area contributed by atoms with Crippen LogP contribution in [-0.4, -0.2) is 15.9 Å². The van der Waals surface area contributed by atoms with Gasteiger partial charge in [-0.15, -0.1) is 29.1 Å². The number of carbonyl (C=O) groups is 1. The van der Waals surface area contributed by atoms with E-state index in [1.807, 2.05) is 12.3 Å². The van der Waals surface area contributed by atoms with E-state index in [9.17, 15) is 9.90 Å². The SMILES string of the molecule is CC(C)(C)c1cc(-c2ccc(-c3ccc(-c4ccccc4)cc3)cn2)[c-]c2ccccc12.CC(C)C(C(=O)/C=C(\O)C(C(C)C)C(C)C)C(C)C.[Pt]. The molecule has 0 bridgehead atoms. The van der Waals surface area contributed by atoms with Crippen molar-refractivity contribution in [2.24, 2.45) is 35.5 Å². The third kappa shape index (κ3) is 10.9. The zero-order valence-corrected chi connectivity index (χ0v) is 35.2. The van der Waals surface area contributed by atoms with Crippen molar-refractivity contribution < 1.29 is 31.0 Å². The summed E-state index contributed by atoms with van der Waals surface area (Å²) in [6.45, 7) is 23.4. The summed E-state index contributed by atoms with van der Waals surface area (Å²) < 4.78 is 0. The van der Waals surface area contributed by atoms with Gasteiger partial charge in [-0.25, -0.2) is 0 Å². The summed E-state index contributed by atoms with van der Waals surface area (Å²) >= 11 is 0. The first-order chi connectivity index (χ1) is 24.1. The Kier molecular flexibility index (Phi) is 15.4. The molecule has 0 amide bonds. The molecule has 0 unspecified atom stereocenters. The number of rotatable bonds is 10. The molecule has 278 valence electrons. The van der Waals surface area contributed by atoms with Crippen LogP contribution >= 0.6 is 0 Å². The van der Waals surface area contributed by atoms with E-state index < -0.39 is 0 Å². The number of carbonyl (C=O) groups excluding carboxylic acids is 1. The van der Waals surface area contributed by atoms with Crippen molar-refractivity contribution in [1.82, 2.24) is 4.98 Å². The Labute approximate surface area is 328 Å². The summed E-state index contributed by atoms with van der Waals surface area (Å²) in [4.78, 5) is 17.2. The molecule has 1 N–H and O–H groups in total. The van der Waals surface area contributed by atoms with Crippen LogP contribution in [0.1, 0.15) is 81.7 Å². The third-order valence-corrected chi connectivity index (χ3v) is 9.78. The molecular formula is C48H58NO2Pt-. The molecule has 5 aromatic rings. The molecule has 0 aliphatic heterocycles. The van der Waals surface area contributed by atoms with Crippen LogP contribution in [0.15, 0.2) is 115 Å². The number of allylic oxidation sites excluding steroid dienone is 2. The second-order valence-corrected chi connectivity index (χ2v) is 16.3. The van der Waals surface area contributed by atoms with Crippen LogP contribution in [0.2, 0.25) is 0 Å². The Morgan fingerprint density at radius 1 is 0.654 bits per heavy atom. The number of ketones is 1. The van der Waals surface area contributed by atoms with Crippen LogP contribution in [0.4, 0.5) is 0 Å². The van der Waals surface area contributed by atoms with Gasteiger partial charge in [0.1, 0.15) is 0 Å². The van der Waals surface area contributed by atoms with Crippen LogP contribution in [0, 0.1) is 41.6 Å². The number of nitrogens with zero attached hydrogens (tertiary/aromatic N) is 1. The number of aliphatic hydroxyl groups excluding tert-OH is 1. The van der Waals surface area contributed by atoms with E-state index in [0.29, 0.717) is 23.7 Å². The van der Waals surface area contributed by atoms with Crippen molar-refractivity contribution in [3.8, 4) is 33.5 Å².